The summed E-state index contributed by atoms with van der Waals surface area (Å²) in [6, 6.07) is 7.80. The molecule has 0 bridgehead atoms. The van der Waals surface area contributed by atoms with Crippen LogP contribution in [0.2, 0.25) is 0 Å². The standard InChI is InChI=1S/C18H27N3O4/c1-24-13-18(23)20-15-7-9-21(10-8-15)12-17(22)19-11-14-3-5-16(25-2)6-4-14/h3-6,15H,7-13H2,1-2H3,(H,19,22)(H,20,23). The summed E-state index contributed by atoms with van der Waals surface area (Å²) < 4.78 is 9.93. The lowest BCUT2D eigenvalue weighted by Crippen LogP contribution is -2.47. The molecule has 2 rings (SSSR count). The minimum Gasteiger partial charge on any atom is -0.497 e. The molecule has 2 amide bonds. The molecule has 1 fully saturated rings. The normalized spacial score (nSPS) is 15.6. The van der Waals surface area contributed by atoms with Crippen molar-refractivity contribution in [1.29, 1.82) is 0 Å². The van der Waals surface area contributed by atoms with Gasteiger partial charge in [-0.3, -0.25) is 14.5 Å². The molecule has 1 aromatic carbocycles. The second kappa shape index (κ2) is 10.0. The zero-order chi connectivity index (χ0) is 18.1. The van der Waals surface area contributed by atoms with E-state index in [1.165, 1.54) is 7.11 Å². The van der Waals surface area contributed by atoms with Crippen LogP contribution in [0.1, 0.15) is 18.4 Å². The molecule has 1 saturated heterocycles. The summed E-state index contributed by atoms with van der Waals surface area (Å²) in [5, 5.41) is 5.88. The molecule has 7 heteroatoms. The van der Waals surface area contributed by atoms with E-state index >= 15 is 0 Å². The summed E-state index contributed by atoms with van der Waals surface area (Å²) in [7, 11) is 3.13. The number of likely N-dealkylation sites (tertiary alicyclic amines) is 1. The third-order valence-corrected chi connectivity index (χ3v) is 4.24. The van der Waals surface area contributed by atoms with Crippen LogP contribution in [0.5, 0.6) is 5.75 Å². The van der Waals surface area contributed by atoms with Crippen LogP contribution in [0, 0.1) is 0 Å². The number of nitrogens with zero attached hydrogens (tertiary/aromatic N) is 1. The van der Waals surface area contributed by atoms with Gasteiger partial charge in [-0.25, -0.2) is 0 Å². The minimum atomic E-state index is -0.0850. The van der Waals surface area contributed by atoms with Gasteiger partial charge in [0, 0.05) is 32.8 Å². The maximum absolute atomic E-state index is 12.1. The van der Waals surface area contributed by atoms with Crippen molar-refractivity contribution >= 4 is 11.8 Å². The van der Waals surface area contributed by atoms with Gasteiger partial charge in [-0.15, -0.1) is 0 Å². The summed E-state index contributed by atoms with van der Waals surface area (Å²) in [6.45, 7) is 2.58. The van der Waals surface area contributed by atoms with E-state index in [0.717, 1.165) is 37.2 Å². The Morgan fingerprint density at radius 1 is 1.12 bits per heavy atom. The van der Waals surface area contributed by atoms with E-state index in [1.54, 1.807) is 7.11 Å². The van der Waals surface area contributed by atoms with E-state index in [4.69, 9.17) is 9.47 Å². The number of rotatable bonds is 8. The first-order valence-electron chi connectivity index (χ1n) is 8.51. The molecule has 2 N–H and O–H groups in total. The van der Waals surface area contributed by atoms with E-state index in [9.17, 15) is 9.59 Å². The molecule has 0 radical (unpaired) electrons. The Morgan fingerprint density at radius 2 is 1.80 bits per heavy atom. The van der Waals surface area contributed by atoms with Gasteiger partial charge in [0.05, 0.1) is 13.7 Å². The van der Waals surface area contributed by atoms with Crippen molar-refractivity contribution in [3.8, 4) is 5.75 Å². The first-order valence-corrected chi connectivity index (χ1v) is 8.51. The van der Waals surface area contributed by atoms with Crippen molar-refractivity contribution in [3.05, 3.63) is 29.8 Å². The van der Waals surface area contributed by atoms with Crippen LogP contribution in [-0.4, -0.2) is 63.2 Å². The van der Waals surface area contributed by atoms with Crippen LogP contribution < -0.4 is 15.4 Å². The maximum Gasteiger partial charge on any atom is 0.246 e. The number of carbonyl (C=O) groups is 2. The predicted octanol–water partition coefficient (Wildman–Crippen LogP) is 0.538. The molecule has 0 atom stereocenters. The Balaban J connectivity index is 1.65. The molecule has 0 aliphatic carbocycles. The van der Waals surface area contributed by atoms with E-state index in [1.807, 2.05) is 24.3 Å². The van der Waals surface area contributed by atoms with Gasteiger partial charge < -0.3 is 20.1 Å². The number of nitrogens with one attached hydrogen (secondary N) is 2. The Hall–Kier alpha value is -2.12. The van der Waals surface area contributed by atoms with Crippen molar-refractivity contribution in [2.45, 2.75) is 25.4 Å². The molecule has 1 aliphatic rings. The summed E-state index contributed by atoms with van der Waals surface area (Å²) in [5.74, 6) is 0.728. The molecule has 25 heavy (non-hydrogen) atoms. The molecule has 0 unspecified atom stereocenters. The quantitative estimate of drug-likeness (QED) is 0.716. The van der Waals surface area contributed by atoms with Crippen molar-refractivity contribution in [2.24, 2.45) is 0 Å². The molecule has 7 nitrogen and oxygen atoms in total. The number of hydrogen-bond acceptors (Lipinski definition) is 5. The average molecular weight is 349 g/mol. The second-order valence-corrected chi connectivity index (χ2v) is 6.18. The van der Waals surface area contributed by atoms with Gasteiger partial charge in [0.25, 0.3) is 0 Å². The summed E-state index contributed by atoms with van der Waals surface area (Å²) in [6.07, 6.45) is 1.70. The summed E-state index contributed by atoms with van der Waals surface area (Å²) >= 11 is 0. The van der Waals surface area contributed by atoms with Crippen molar-refractivity contribution in [3.63, 3.8) is 0 Å². The number of amides is 2. The molecular weight excluding hydrogens is 322 g/mol. The number of piperidine rings is 1. The van der Waals surface area contributed by atoms with Crippen LogP contribution >= 0.6 is 0 Å². The highest BCUT2D eigenvalue weighted by Gasteiger charge is 2.21. The monoisotopic (exact) mass is 349 g/mol. The smallest absolute Gasteiger partial charge is 0.246 e. The van der Waals surface area contributed by atoms with Crippen LogP contribution in [0.4, 0.5) is 0 Å². The Labute approximate surface area is 148 Å². The van der Waals surface area contributed by atoms with E-state index in [-0.39, 0.29) is 24.5 Å². The summed E-state index contributed by atoms with van der Waals surface area (Å²) in [4.78, 5) is 25.7. The van der Waals surface area contributed by atoms with Gasteiger partial charge >= 0.3 is 0 Å². The third-order valence-electron chi connectivity index (χ3n) is 4.24. The molecule has 0 spiro atoms. The zero-order valence-electron chi connectivity index (χ0n) is 14.9. The van der Waals surface area contributed by atoms with Gasteiger partial charge in [-0.05, 0) is 30.5 Å². The SMILES string of the molecule is COCC(=O)NC1CCN(CC(=O)NCc2ccc(OC)cc2)CC1. The number of hydrogen-bond donors (Lipinski definition) is 2. The number of benzene rings is 1. The molecule has 0 saturated carbocycles. The highest BCUT2D eigenvalue weighted by molar-refractivity contribution is 5.78. The maximum atomic E-state index is 12.1. The lowest BCUT2D eigenvalue weighted by Gasteiger charge is -2.31. The first kappa shape index (κ1) is 19.2. The zero-order valence-corrected chi connectivity index (χ0v) is 14.9. The molecule has 1 heterocycles. The Bertz CT molecular complexity index is 554. The van der Waals surface area contributed by atoms with Crippen LogP contribution in [-0.2, 0) is 20.9 Å². The van der Waals surface area contributed by atoms with Crippen LogP contribution in [0.25, 0.3) is 0 Å². The second-order valence-electron chi connectivity index (χ2n) is 6.18. The van der Waals surface area contributed by atoms with Gasteiger partial charge in [0.1, 0.15) is 12.4 Å². The Kier molecular flexibility index (Phi) is 7.69. The first-order chi connectivity index (χ1) is 12.1. The molecule has 1 aromatic rings. The van der Waals surface area contributed by atoms with E-state index in [0.29, 0.717) is 13.1 Å². The fourth-order valence-corrected chi connectivity index (χ4v) is 2.84. The van der Waals surface area contributed by atoms with E-state index in [2.05, 4.69) is 15.5 Å². The molecular formula is C18H27N3O4. The fraction of sp³-hybridized carbons (Fsp3) is 0.556. The number of carbonyl (C=O) groups excluding carboxylic acids is 2. The van der Waals surface area contributed by atoms with Gasteiger partial charge in [-0.2, -0.15) is 0 Å². The largest absolute Gasteiger partial charge is 0.497 e. The fourth-order valence-electron chi connectivity index (χ4n) is 2.84. The van der Waals surface area contributed by atoms with Gasteiger partial charge in [-0.1, -0.05) is 12.1 Å². The number of ether oxygens (including phenoxy) is 2. The van der Waals surface area contributed by atoms with Gasteiger partial charge in [0.15, 0.2) is 0 Å². The minimum absolute atomic E-state index is 0.0117. The van der Waals surface area contributed by atoms with Crippen LogP contribution in [0.15, 0.2) is 24.3 Å². The van der Waals surface area contributed by atoms with Crippen molar-refractivity contribution in [2.75, 3.05) is 40.5 Å². The van der Waals surface area contributed by atoms with Crippen molar-refractivity contribution in [1.82, 2.24) is 15.5 Å². The van der Waals surface area contributed by atoms with Crippen molar-refractivity contribution < 1.29 is 19.1 Å². The summed E-state index contributed by atoms with van der Waals surface area (Å²) in [5.41, 5.74) is 1.04. The topological polar surface area (TPSA) is 79.9 Å². The molecule has 138 valence electrons. The third kappa shape index (κ3) is 6.72. The van der Waals surface area contributed by atoms with E-state index < -0.39 is 0 Å². The van der Waals surface area contributed by atoms with Gasteiger partial charge in [0.2, 0.25) is 11.8 Å². The molecule has 0 aromatic heterocycles. The predicted molar refractivity (Wildman–Crippen MR) is 94.3 cm³/mol. The van der Waals surface area contributed by atoms with Crippen LogP contribution in [0.3, 0.4) is 0 Å². The lowest BCUT2D eigenvalue weighted by atomic mass is 10.1. The molecule has 1 aliphatic heterocycles. The Morgan fingerprint density at radius 3 is 2.40 bits per heavy atom. The highest BCUT2D eigenvalue weighted by atomic mass is 16.5. The lowest BCUT2D eigenvalue weighted by molar-refractivity contribution is -0.126. The average Bonchev–Trinajstić information content (AvgIpc) is 2.62. The highest BCUT2D eigenvalue weighted by Crippen LogP contribution is 2.12. The number of methoxy groups -OCH3 is 2.